The summed E-state index contributed by atoms with van der Waals surface area (Å²) in [6, 6.07) is 15.0. The summed E-state index contributed by atoms with van der Waals surface area (Å²) in [4.78, 5) is 1.32. The van der Waals surface area contributed by atoms with Gasteiger partial charge in [-0.2, -0.15) is 0 Å². The molecule has 0 aliphatic carbocycles. The van der Waals surface area contributed by atoms with Crippen LogP contribution in [0.1, 0.15) is 22.3 Å². The lowest BCUT2D eigenvalue weighted by molar-refractivity contribution is 1.04. The third kappa shape index (κ3) is 3.15. The van der Waals surface area contributed by atoms with Crippen LogP contribution in [-0.2, 0) is 12.3 Å². The maximum atomic E-state index is 5.75. The summed E-state index contributed by atoms with van der Waals surface area (Å²) in [7, 11) is 0. The largest absolute Gasteiger partial charge is 0.326 e. The highest BCUT2D eigenvalue weighted by atomic mass is 32.2. The molecule has 0 unspecified atom stereocenters. The minimum Gasteiger partial charge on any atom is -0.326 e. The lowest BCUT2D eigenvalue weighted by atomic mass is 10.1. The first-order chi connectivity index (χ1) is 8.70. The van der Waals surface area contributed by atoms with Gasteiger partial charge >= 0.3 is 0 Å². The highest BCUT2D eigenvalue weighted by Gasteiger charge is 2.02. The van der Waals surface area contributed by atoms with Crippen molar-refractivity contribution in [3.05, 3.63) is 64.7 Å². The first-order valence-electron chi connectivity index (χ1n) is 6.17. The molecule has 2 heteroatoms. The van der Waals surface area contributed by atoms with Crippen LogP contribution in [0.2, 0.25) is 0 Å². The average molecular weight is 257 g/mol. The third-order valence-electron chi connectivity index (χ3n) is 3.21. The van der Waals surface area contributed by atoms with E-state index in [9.17, 15) is 0 Å². The van der Waals surface area contributed by atoms with Crippen molar-refractivity contribution in [1.29, 1.82) is 0 Å². The van der Waals surface area contributed by atoms with Gasteiger partial charge in [-0.1, -0.05) is 30.3 Å². The average Bonchev–Trinajstić information content (AvgIpc) is 2.40. The Hall–Kier alpha value is -1.25. The predicted octanol–water partition coefficient (Wildman–Crippen LogP) is 4.05. The van der Waals surface area contributed by atoms with E-state index >= 15 is 0 Å². The SMILES string of the molecule is Cc1ccc(SCc2ccccc2CN)cc1C. The maximum absolute atomic E-state index is 5.75. The van der Waals surface area contributed by atoms with Crippen molar-refractivity contribution in [2.24, 2.45) is 5.73 Å². The summed E-state index contributed by atoms with van der Waals surface area (Å²) in [6.45, 7) is 4.92. The van der Waals surface area contributed by atoms with E-state index in [1.54, 1.807) is 0 Å². The molecule has 0 fully saturated rings. The van der Waals surface area contributed by atoms with Crippen molar-refractivity contribution >= 4 is 11.8 Å². The molecular weight excluding hydrogens is 238 g/mol. The summed E-state index contributed by atoms with van der Waals surface area (Å²) in [6.07, 6.45) is 0. The number of aryl methyl sites for hydroxylation is 2. The molecule has 0 bridgehead atoms. The Morgan fingerprint density at radius 1 is 0.944 bits per heavy atom. The molecule has 0 saturated heterocycles. The summed E-state index contributed by atoms with van der Waals surface area (Å²) in [5, 5.41) is 0. The van der Waals surface area contributed by atoms with Crippen LogP contribution in [0.25, 0.3) is 0 Å². The van der Waals surface area contributed by atoms with Gasteiger partial charge in [-0.25, -0.2) is 0 Å². The van der Waals surface area contributed by atoms with Gasteiger partial charge in [0.05, 0.1) is 0 Å². The fourth-order valence-electron chi connectivity index (χ4n) is 1.86. The normalized spacial score (nSPS) is 10.6. The van der Waals surface area contributed by atoms with E-state index in [0.717, 1.165) is 5.75 Å². The van der Waals surface area contributed by atoms with Crippen molar-refractivity contribution in [2.75, 3.05) is 0 Å². The van der Waals surface area contributed by atoms with Crippen LogP contribution in [0.3, 0.4) is 0 Å². The second-order valence-corrected chi connectivity index (χ2v) is 5.56. The number of rotatable bonds is 4. The smallest absolute Gasteiger partial charge is 0.0235 e. The Morgan fingerprint density at radius 2 is 1.67 bits per heavy atom. The van der Waals surface area contributed by atoms with Crippen molar-refractivity contribution in [2.45, 2.75) is 31.0 Å². The van der Waals surface area contributed by atoms with Gasteiger partial charge in [-0.05, 0) is 48.2 Å². The molecule has 0 aliphatic rings. The molecule has 94 valence electrons. The second kappa shape index (κ2) is 6.07. The first-order valence-corrected chi connectivity index (χ1v) is 7.16. The van der Waals surface area contributed by atoms with Crippen LogP contribution in [0.15, 0.2) is 47.4 Å². The Bertz CT molecular complexity index is 534. The zero-order valence-corrected chi connectivity index (χ0v) is 11.8. The van der Waals surface area contributed by atoms with Crippen molar-refractivity contribution < 1.29 is 0 Å². The second-order valence-electron chi connectivity index (χ2n) is 4.51. The summed E-state index contributed by atoms with van der Waals surface area (Å²) in [5.41, 5.74) is 11.0. The zero-order valence-electron chi connectivity index (χ0n) is 10.9. The van der Waals surface area contributed by atoms with Crippen LogP contribution in [0, 0.1) is 13.8 Å². The summed E-state index contributed by atoms with van der Waals surface area (Å²) < 4.78 is 0. The highest BCUT2D eigenvalue weighted by Crippen LogP contribution is 2.26. The topological polar surface area (TPSA) is 26.0 Å². The Morgan fingerprint density at radius 3 is 2.33 bits per heavy atom. The van der Waals surface area contributed by atoms with E-state index < -0.39 is 0 Å². The number of benzene rings is 2. The van der Waals surface area contributed by atoms with Crippen LogP contribution in [0.4, 0.5) is 0 Å². The molecule has 0 aliphatic heterocycles. The maximum Gasteiger partial charge on any atom is 0.0235 e. The molecule has 0 spiro atoms. The number of nitrogens with two attached hydrogens (primary N) is 1. The third-order valence-corrected chi connectivity index (χ3v) is 4.25. The van der Waals surface area contributed by atoms with Crippen LogP contribution in [-0.4, -0.2) is 0 Å². The van der Waals surface area contributed by atoms with Gasteiger partial charge in [0.2, 0.25) is 0 Å². The van der Waals surface area contributed by atoms with Gasteiger partial charge < -0.3 is 5.73 Å². The van der Waals surface area contributed by atoms with Crippen molar-refractivity contribution in [1.82, 2.24) is 0 Å². The zero-order chi connectivity index (χ0) is 13.0. The monoisotopic (exact) mass is 257 g/mol. The van der Waals surface area contributed by atoms with Gasteiger partial charge in [-0.3, -0.25) is 0 Å². The number of hydrogen-bond donors (Lipinski definition) is 1. The van der Waals surface area contributed by atoms with Crippen LogP contribution in [0.5, 0.6) is 0 Å². The molecule has 0 heterocycles. The van der Waals surface area contributed by atoms with Gasteiger partial charge in [0, 0.05) is 17.2 Å². The standard InChI is InChI=1S/C16H19NS/c1-12-7-8-16(9-13(12)2)18-11-15-6-4-3-5-14(15)10-17/h3-9H,10-11,17H2,1-2H3. The lowest BCUT2D eigenvalue weighted by Crippen LogP contribution is -2.00. The lowest BCUT2D eigenvalue weighted by Gasteiger charge is -2.08. The fourth-order valence-corrected chi connectivity index (χ4v) is 2.89. The fraction of sp³-hybridized carbons (Fsp3) is 0.250. The van der Waals surface area contributed by atoms with E-state index in [0.29, 0.717) is 6.54 Å². The Kier molecular flexibility index (Phi) is 4.45. The summed E-state index contributed by atoms with van der Waals surface area (Å²) >= 11 is 1.87. The van der Waals surface area contributed by atoms with E-state index in [2.05, 4.69) is 50.2 Å². The quantitative estimate of drug-likeness (QED) is 0.836. The molecule has 2 rings (SSSR count). The minimum atomic E-state index is 0.615. The molecule has 18 heavy (non-hydrogen) atoms. The minimum absolute atomic E-state index is 0.615. The van der Waals surface area contributed by atoms with Gasteiger partial charge in [0.25, 0.3) is 0 Å². The predicted molar refractivity (Wildman–Crippen MR) is 79.8 cm³/mol. The van der Waals surface area contributed by atoms with Crippen LogP contribution < -0.4 is 5.73 Å². The summed E-state index contributed by atoms with van der Waals surface area (Å²) in [5.74, 6) is 0.982. The van der Waals surface area contributed by atoms with Crippen molar-refractivity contribution in [3.8, 4) is 0 Å². The Labute approximate surface area is 113 Å². The molecule has 1 nitrogen and oxygen atoms in total. The number of thioether (sulfide) groups is 1. The van der Waals surface area contributed by atoms with E-state index in [-0.39, 0.29) is 0 Å². The molecule has 0 radical (unpaired) electrons. The van der Waals surface area contributed by atoms with E-state index in [1.165, 1.54) is 27.1 Å². The molecule has 0 saturated carbocycles. The number of hydrogen-bond acceptors (Lipinski definition) is 2. The van der Waals surface area contributed by atoms with Gasteiger partial charge in [-0.15, -0.1) is 11.8 Å². The van der Waals surface area contributed by atoms with E-state index in [1.807, 2.05) is 17.8 Å². The Balaban J connectivity index is 2.09. The molecule has 2 N–H and O–H groups in total. The van der Waals surface area contributed by atoms with Gasteiger partial charge in [0.1, 0.15) is 0 Å². The molecule has 0 amide bonds. The molecule has 2 aromatic carbocycles. The molecule has 0 atom stereocenters. The molecule has 0 aromatic heterocycles. The van der Waals surface area contributed by atoms with Gasteiger partial charge in [0.15, 0.2) is 0 Å². The molecule has 2 aromatic rings. The first kappa shape index (κ1) is 13.2. The van der Waals surface area contributed by atoms with E-state index in [4.69, 9.17) is 5.73 Å². The van der Waals surface area contributed by atoms with Crippen molar-refractivity contribution in [3.63, 3.8) is 0 Å². The van der Waals surface area contributed by atoms with Crippen LogP contribution >= 0.6 is 11.8 Å². The highest BCUT2D eigenvalue weighted by molar-refractivity contribution is 7.98. The molecular formula is C16H19NS.